The summed E-state index contributed by atoms with van der Waals surface area (Å²) in [4.78, 5) is 16.6. The Balaban J connectivity index is 1.38. The molecule has 4 aromatic rings. The number of fused-ring (bicyclic) bond motifs is 1. The molecule has 29 heavy (non-hydrogen) atoms. The molecule has 0 saturated heterocycles. The van der Waals surface area contributed by atoms with Crippen LogP contribution >= 0.6 is 11.8 Å². The van der Waals surface area contributed by atoms with Crippen molar-refractivity contribution >= 4 is 28.4 Å². The minimum absolute atomic E-state index is 0.0912. The number of aromatic nitrogens is 5. The van der Waals surface area contributed by atoms with Crippen LogP contribution in [-0.2, 0) is 11.3 Å². The molecule has 4 rings (SSSR count). The van der Waals surface area contributed by atoms with Gasteiger partial charge in [-0.3, -0.25) is 4.79 Å². The highest BCUT2D eigenvalue weighted by molar-refractivity contribution is 8.00. The molecule has 2 atom stereocenters. The highest BCUT2D eigenvalue weighted by Gasteiger charge is 2.21. The van der Waals surface area contributed by atoms with Crippen molar-refractivity contribution in [3.05, 3.63) is 66.6 Å². The topological polar surface area (TPSA) is 98.7 Å². The second-order valence-corrected chi connectivity index (χ2v) is 7.91. The van der Waals surface area contributed by atoms with Gasteiger partial charge in [-0.2, -0.15) is 5.10 Å². The molecule has 1 N–H and O–H groups in total. The summed E-state index contributed by atoms with van der Waals surface area (Å²) in [6.07, 6.45) is 3.01. The van der Waals surface area contributed by atoms with Crippen molar-refractivity contribution in [2.24, 2.45) is 0 Å². The summed E-state index contributed by atoms with van der Waals surface area (Å²) >= 11 is 1.23. The maximum atomic E-state index is 12.7. The standard InChI is InChI=1S/C20H20N6O2S/c1-13(16-9-5-7-15-6-3-4-8-17(15)16)23-19(27)14(2)29-20-25-24-18(28-20)10-26-12-21-11-22-26/h3-9,11-14H,10H2,1-2H3,(H,23,27). The summed E-state index contributed by atoms with van der Waals surface area (Å²) in [6, 6.07) is 14.1. The summed E-state index contributed by atoms with van der Waals surface area (Å²) < 4.78 is 7.18. The van der Waals surface area contributed by atoms with E-state index in [1.54, 1.807) is 11.0 Å². The fourth-order valence-corrected chi connectivity index (χ4v) is 3.75. The molecule has 8 nitrogen and oxygen atoms in total. The number of amides is 1. The monoisotopic (exact) mass is 408 g/mol. The number of nitrogens with one attached hydrogen (secondary N) is 1. The Morgan fingerprint density at radius 2 is 2.00 bits per heavy atom. The molecule has 2 aromatic carbocycles. The van der Waals surface area contributed by atoms with E-state index >= 15 is 0 Å². The van der Waals surface area contributed by atoms with Crippen molar-refractivity contribution < 1.29 is 9.21 Å². The smallest absolute Gasteiger partial charge is 0.277 e. The second-order valence-electron chi connectivity index (χ2n) is 6.61. The maximum absolute atomic E-state index is 12.7. The van der Waals surface area contributed by atoms with Gasteiger partial charge in [0.15, 0.2) is 0 Å². The van der Waals surface area contributed by atoms with Crippen molar-refractivity contribution in [1.82, 2.24) is 30.3 Å². The fraction of sp³-hybridized carbons (Fsp3) is 0.250. The predicted octanol–water partition coefficient (Wildman–Crippen LogP) is 3.22. The number of benzene rings is 2. The zero-order valence-electron chi connectivity index (χ0n) is 16.0. The molecular weight excluding hydrogens is 388 g/mol. The Morgan fingerprint density at radius 1 is 1.17 bits per heavy atom. The highest BCUT2D eigenvalue weighted by atomic mass is 32.2. The van der Waals surface area contributed by atoms with Gasteiger partial charge in [-0.05, 0) is 30.2 Å². The van der Waals surface area contributed by atoms with Crippen molar-refractivity contribution in [3.63, 3.8) is 0 Å². The van der Waals surface area contributed by atoms with E-state index in [1.165, 1.54) is 18.1 Å². The average Bonchev–Trinajstić information content (AvgIpc) is 3.40. The molecule has 148 valence electrons. The summed E-state index contributed by atoms with van der Waals surface area (Å²) in [7, 11) is 0. The summed E-state index contributed by atoms with van der Waals surface area (Å²) in [5.41, 5.74) is 1.08. The number of carbonyl (C=O) groups excluding carboxylic acids is 1. The van der Waals surface area contributed by atoms with Crippen LogP contribution in [-0.4, -0.2) is 36.1 Å². The van der Waals surface area contributed by atoms with Gasteiger partial charge < -0.3 is 9.73 Å². The van der Waals surface area contributed by atoms with Gasteiger partial charge in [0.1, 0.15) is 19.2 Å². The first-order valence-electron chi connectivity index (χ1n) is 9.19. The van der Waals surface area contributed by atoms with Gasteiger partial charge >= 0.3 is 0 Å². The van der Waals surface area contributed by atoms with Gasteiger partial charge in [-0.25, -0.2) is 9.67 Å². The van der Waals surface area contributed by atoms with E-state index in [0.29, 0.717) is 17.7 Å². The molecule has 1 amide bonds. The van der Waals surface area contributed by atoms with Crippen LogP contribution in [0.1, 0.15) is 31.3 Å². The summed E-state index contributed by atoms with van der Waals surface area (Å²) in [5, 5.41) is 17.3. The number of carbonyl (C=O) groups is 1. The van der Waals surface area contributed by atoms with Crippen molar-refractivity contribution in [2.45, 2.75) is 36.9 Å². The third kappa shape index (κ3) is 4.45. The third-order valence-corrected chi connectivity index (χ3v) is 5.44. The van der Waals surface area contributed by atoms with E-state index in [9.17, 15) is 4.79 Å². The first-order valence-corrected chi connectivity index (χ1v) is 10.1. The zero-order chi connectivity index (χ0) is 20.2. The van der Waals surface area contributed by atoms with E-state index < -0.39 is 0 Å². The molecule has 0 saturated carbocycles. The lowest BCUT2D eigenvalue weighted by Gasteiger charge is -2.18. The largest absolute Gasteiger partial charge is 0.414 e. The number of thioether (sulfide) groups is 1. The van der Waals surface area contributed by atoms with Crippen LogP contribution in [0.5, 0.6) is 0 Å². The Hall–Kier alpha value is -3.20. The third-order valence-electron chi connectivity index (χ3n) is 4.51. The SMILES string of the molecule is CC(Sc1nnc(Cn2cncn2)o1)C(=O)NC(C)c1cccc2ccccc12. The first kappa shape index (κ1) is 19.1. The van der Waals surface area contributed by atoms with E-state index in [0.717, 1.165) is 16.3 Å². The molecular formula is C20H20N6O2S. The first-order chi connectivity index (χ1) is 14.1. The van der Waals surface area contributed by atoms with Crippen LogP contribution in [0.2, 0.25) is 0 Å². The molecule has 2 heterocycles. The molecule has 0 spiro atoms. The van der Waals surface area contributed by atoms with Crippen LogP contribution in [0, 0.1) is 0 Å². The van der Waals surface area contributed by atoms with Gasteiger partial charge in [0.25, 0.3) is 5.22 Å². The van der Waals surface area contributed by atoms with Gasteiger partial charge in [0.05, 0.1) is 11.3 Å². The van der Waals surface area contributed by atoms with Gasteiger partial charge in [-0.15, -0.1) is 10.2 Å². The Labute approximate surface area is 171 Å². The second kappa shape index (κ2) is 8.44. The van der Waals surface area contributed by atoms with Crippen LogP contribution in [0.4, 0.5) is 0 Å². The number of nitrogens with zero attached hydrogens (tertiary/aromatic N) is 5. The summed E-state index contributed by atoms with van der Waals surface area (Å²) in [5.74, 6) is 0.321. The lowest BCUT2D eigenvalue weighted by Crippen LogP contribution is -2.33. The van der Waals surface area contributed by atoms with Gasteiger partial charge in [-0.1, -0.05) is 54.2 Å². The molecule has 0 fully saturated rings. The molecule has 0 bridgehead atoms. The van der Waals surface area contributed by atoms with Crippen molar-refractivity contribution in [1.29, 1.82) is 0 Å². The lowest BCUT2D eigenvalue weighted by atomic mass is 9.99. The maximum Gasteiger partial charge on any atom is 0.277 e. The molecule has 0 radical (unpaired) electrons. The zero-order valence-corrected chi connectivity index (χ0v) is 16.8. The van der Waals surface area contributed by atoms with Crippen molar-refractivity contribution in [2.75, 3.05) is 0 Å². The van der Waals surface area contributed by atoms with Gasteiger partial charge in [0, 0.05) is 0 Å². The number of rotatable bonds is 7. The molecule has 0 aliphatic carbocycles. The molecule has 2 unspecified atom stereocenters. The molecule has 9 heteroatoms. The Morgan fingerprint density at radius 3 is 2.83 bits per heavy atom. The van der Waals surface area contributed by atoms with Crippen molar-refractivity contribution in [3.8, 4) is 0 Å². The van der Waals surface area contributed by atoms with Crippen LogP contribution < -0.4 is 5.32 Å². The number of hydrogen-bond acceptors (Lipinski definition) is 7. The van der Waals surface area contributed by atoms with E-state index in [1.807, 2.05) is 38.1 Å². The van der Waals surface area contributed by atoms with Gasteiger partial charge in [0.2, 0.25) is 11.8 Å². The van der Waals surface area contributed by atoms with Crippen LogP contribution in [0.3, 0.4) is 0 Å². The van der Waals surface area contributed by atoms with Crippen LogP contribution in [0.25, 0.3) is 10.8 Å². The minimum atomic E-state index is -0.382. The summed E-state index contributed by atoms with van der Waals surface area (Å²) in [6.45, 7) is 4.14. The quantitative estimate of drug-likeness (QED) is 0.469. The molecule has 0 aliphatic rings. The Kier molecular flexibility index (Phi) is 5.57. The minimum Gasteiger partial charge on any atom is -0.414 e. The van der Waals surface area contributed by atoms with E-state index in [4.69, 9.17) is 4.42 Å². The fourth-order valence-electron chi connectivity index (χ4n) is 3.04. The van der Waals surface area contributed by atoms with E-state index in [-0.39, 0.29) is 17.2 Å². The average molecular weight is 408 g/mol. The van der Waals surface area contributed by atoms with E-state index in [2.05, 4.69) is 43.8 Å². The molecule has 0 aliphatic heterocycles. The Bertz CT molecular complexity index is 1110. The predicted molar refractivity (Wildman–Crippen MR) is 109 cm³/mol. The number of hydrogen-bond donors (Lipinski definition) is 1. The van der Waals surface area contributed by atoms with Crippen LogP contribution in [0.15, 0.2) is 64.8 Å². The normalized spacial score (nSPS) is 13.3. The lowest BCUT2D eigenvalue weighted by molar-refractivity contribution is -0.120. The highest BCUT2D eigenvalue weighted by Crippen LogP contribution is 2.26. The molecule has 2 aromatic heterocycles.